The van der Waals surface area contributed by atoms with Crippen molar-refractivity contribution < 1.29 is 13.9 Å². The van der Waals surface area contributed by atoms with Crippen molar-refractivity contribution in [3.63, 3.8) is 0 Å². The zero-order valence-electron chi connectivity index (χ0n) is 9.94. The summed E-state index contributed by atoms with van der Waals surface area (Å²) in [4.78, 5) is 25.1. The number of aromatic amines is 1. The predicted octanol–water partition coefficient (Wildman–Crippen LogP) is 1.83. The Morgan fingerprint density at radius 3 is 2.65 bits per heavy atom. The second-order valence-corrected chi connectivity index (χ2v) is 4.41. The Labute approximate surface area is 116 Å². The van der Waals surface area contributed by atoms with Crippen LogP contribution in [0, 0.1) is 0 Å². The fraction of sp³-hybridized carbons (Fsp3) is 0.167. The van der Waals surface area contributed by atoms with E-state index in [0.29, 0.717) is 9.59 Å². The SMILES string of the molecule is O=c1[nH]c(=O)n(CC(F)F)c(O)c1-c1cccc(Cl)c1. The molecule has 8 heteroatoms. The van der Waals surface area contributed by atoms with E-state index in [2.05, 4.69) is 0 Å². The van der Waals surface area contributed by atoms with Gasteiger partial charge in [-0.1, -0.05) is 23.7 Å². The van der Waals surface area contributed by atoms with Crippen molar-refractivity contribution in [2.45, 2.75) is 13.0 Å². The number of hydrogen-bond donors (Lipinski definition) is 2. The fourth-order valence-corrected chi connectivity index (χ4v) is 1.96. The van der Waals surface area contributed by atoms with Crippen LogP contribution < -0.4 is 11.2 Å². The first-order valence-electron chi connectivity index (χ1n) is 5.50. The van der Waals surface area contributed by atoms with Gasteiger partial charge in [-0.3, -0.25) is 14.3 Å². The minimum Gasteiger partial charge on any atom is -0.494 e. The maximum absolute atomic E-state index is 12.4. The molecule has 0 aliphatic carbocycles. The third-order valence-electron chi connectivity index (χ3n) is 2.61. The second kappa shape index (κ2) is 5.46. The van der Waals surface area contributed by atoms with Crippen LogP contribution in [0.1, 0.15) is 0 Å². The van der Waals surface area contributed by atoms with Crippen LogP contribution in [0.4, 0.5) is 8.78 Å². The molecule has 106 valence electrons. The topological polar surface area (TPSA) is 75.1 Å². The molecule has 0 aliphatic heterocycles. The Morgan fingerprint density at radius 2 is 2.05 bits per heavy atom. The normalized spacial score (nSPS) is 11.0. The van der Waals surface area contributed by atoms with Gasteiger partial charge in [0, 0.05) is 5.02 Å². The molecule has 0 bridgehead atoms. The largest absolute Gasteiger partial charge is 0.494 e. The van der Waals surface area contributed by atoms with Gasteiger partial charge in [-0.25, -0.2) is 13.6 Å². The molecule has 0 atom stereocenters. The smallest absolute Gasteiger partial charge is 0.331 e. The van der Waals surface area contributed by atoms with Gasteiger partial charge in [-0.05, 0) is 17.7 Å². The molecule has 0 unspecified atom stereocenters. The number of aromatic hydroxyl groups is 1. The Morgan fingerprint density at radius 1 is 1.35 bits per heavy atom. The summed E-state index contributed by atoms with van der Waals surface area (Å²) < 4.78 is 25.2. The average molecular weight is 303 g/mol. The number of H-pyrrole nitrogens is 1. The van der Waals surface area contributed by atoms with Crippen molar-refractivity contribution in [2.75, 3.05) is 0 Å². The van der Waals surface area contributed by atoms with Crippen LogP contribution in [0.15, 0.2) is 33.9 Å². The lowest BCUT2D eigenvalue weighted by Crippen LogP contribution is -2.32. The molecule has 1 aromatic carbocycles. The molecule has 0 aliphatic rings. The third-order valence-corrected chi connectivity index (χ3v) is 2.84. The van der Waals surface area contributed by atoms with Gasteiger partial charge in [-0.15, -0.1) is 0 Å². The van der Waals surface area contributed by atoms with Crippen molar-refractivity contribution in [1.82, 2.24) is 9.55 Å². The van der Waals surface area contributed by atoms with Gasteiger partial charge in [0.2, 0.25) is 5.88 Å². The van der Waals surface area contributed by atoms with Crippen LogP contribution in [0.2, 0.25) is 5.02 Å². The van der Waals surface area contributed by atoms with E-state index in [9.17, 15) is 23.5 Å². The molecule has 1 aromatic heterocycles. The summed E-state index contributed by atoms with van der Waals surface area (Å²) in [7, 11) is 0. The first-order chi connectivity index (χ1) is 9.40. The molecule has 0 amide bonds. The average Bonchev–Trinajstić information content (AvgIpc) is 2.34. The van der Waals surface area contributed by atoms with Crippen LogP contribution in [-0.4, -0.2) is 21.1 Å². The summed E-state index contributed by atoms with van der Waals surface area (Å²) >= 11 is 5.77. The quantitative estimate of drug-likeness (QED) is 0.908. The molecule has 0 radical (unpaired) electrons. The number of nitrogens with one attached hydrogen (secondary N) is 1. The van der Waals surface area contributed by atoms with Gasteiger partial charge in [0.1, 0.15) is 5.56 Å². The van der Waals surface area contributed by atoms with Crippen LogP contribution in [0.5, 0.6) is 5.88 Å². The molecule has 2 aromatic rings. The van der Waals surface area contributed by atoms with E-state index in [1.165, 1.54) is 18.2 Å². The van der Waals surface area contributed by atoms with Crippen molar-refractivity contribution in [1.29, 1.82) is 0 Å². The summed E-state index contributed by atoms with van der Waals surface area (Å²) in [6.45, 7) is -1.02. The summed E-state index contributed by atoms with van der Waals surface area (Å²) in [5.74, 6) is -0.818. The second-order valence-electron chi connectivity index (χ2n) is 3.97. The first kappa shape index (κ1) is 14.3. The molecule has 2 N–H and O–H groups in total. The first-order valence-corrected chi connectivity index (χ1v) is 5.88. The van der Waals surface area contributed by atoms with E-state index in [1.54, 1.807) is 6.07 Å². The minimum atomic E-state index is -2.85. The maximum Gasteiger partial charge on any atom is 0.331 e. The van der Waals surface area contributed by atoms with Crippen LogP contribution >= 0.6 is 11.6 Å². The highest BCUT2D eigenvalue weighted by Gasteiger charge is 2.18. The zero-order chi connectivity index (χ0) is 14.9. The highest BCUT2D eigenvalue weighted by Crippen LogP contribution is 2.26. The highest BCUT2D eigenvalue weighted by molar-refractivity contribution is 6.30. The zero-order valence-corrected chi connectivity index (χ0v) is 10.7. The van der Waals surface area contributed by atoms with E-state index < -0.39 is 30.1 Å². The number of hydrogen-bond acceptors (Lipinski definition) is 3. The van der Waals surface area contributed by atoms with Crippen LogP contribution in [-0.2, 0) is 6.54 Å². The third kappa shape index (κ3) is 2.72. The van der Waals surface area contributed by atoms with E-state index in [0.717, 1.165) is 0 Å². The molecule has 0 saturated heterocycles. The van der Waals surface area contributed by atoms with Gasteiger partial charge in [0.05, 0.1) is 6.54 Å². The minimum absolute atomic E-state index is 0.222. The maximum atomic E-state index is 12.4. The van der Waals surface area contributed by atoms with E-state index >= 15 is 0 Å². The molecule has 20 heavy (non-hydrogen) atoms. The van der Waals surface area contributed by atoms with Crippen molar-refractivity contribution in [3.8, 4) is 17.0 Å². The molecule has 0 fully saturated rings. The summed E-state index contributed by atoms with van der Waals surface area (Å²) in [6, 6.07) is 5.92. The standard InChI is InChI=1S/C12H9ClF2N2O3/c13-7-3-1-2-6(4-7)9-10(18)16-12(20)17(11(9)19)5-8(14)15/h1-4,8,19H,5H2,(H,16,18,20). The monoisotopic (exact) mass is 302 g/mol. The Hall–Kier alpha value is -2.15. The molecule has 0 saturated carbocycles. The number of nitrogens with zero attached hydrogens (tertiary/aromatic N) is 1. The lowest BCUT2D eigenvalue weighted by Gasteiger charge is -2.11. The van der Waals surface area contributed by atoms with Crippen LogP contribution in [0.3, 0.4) is 0 Å². The van der Waals surface area contributed by atoms with Crippen molar-refractivity contribution in [3.05, 3.63) is 50.1 Å². The van der Waals surface area contributed by atoms with Gasteiger partial charge in [0.25, 0.3) is 12.0 Å². The number of aromatic nitrogens is 2. The van der Waals surface area contributed by atoms with E-state index in [1.807, 2.05) is 4.98 Å². The molecule has 2 rings (SSSR count). The highest BCUT2D eigenvalue weighted by atomic mass is 35.5. The number of halogens is 3. The number of benzene rings is 1. The summed E-state index contributed by atoms with van der Waals surface area (Å²) in [6.07, 6.45) is -2.85. The molecule has 5 nitrogen and oxygen atoms in total. The Balaban J connectivity index is 2.71. The fourth-order valence-electron chi connectivity index (χ4n) is 1.77. The number of rotatable bonds is 3. The van der Waals surface area contributed by atoms with Gasteiger partial charge < -0.3 is 5.11 Å². The van der Waals surface area contributed by atoms with E-state index in [-0.39, 0.29) is 11.1 Å². The molecule has 0 spiro atoms. The van der Waals surface area contributed by atoms with E-state index in [4.69, 9.17) is 11.6 Å². The van der Waals surface area contributed by atoms with Gasteiger partial charge >= 0.3 is 5.69 Å². The lowest BCUT2D eigenvalue weighted by atomic mass is 10.1. The van der Waals surface area contributed by atoms with Crippen molar-refractivity contribution >= 4 is 11.6 Å². The van der Waals surface area contributed by atoms with Crippen LogP contribution in [0.25, 0.3) is 11.1 Å². The lowest BCUT2D eigenvalue weighted by molar-refractivity contribution is 0.120. The summed E-state index contributed by atoms with van der Waals surface area (Å²) in [5.41, 5.74) is -2.04. The summed E-state index contributed by atoms with van der Waals surface area (Å²) in [5, 5.41) is 10.2. The van der Waals surface area contributed by atoms with Gasteiger partial charge in [-0.2, -0.15) is 0 Å². The van der Waals surface area contributed by atoms with Crippen molar-refractivity contribution in [2.24, 2.45) is 0 Å². The molecular weight excluding hydrogens is 294 g/mol. The Bertz CT molecular complexity index is 755. The Kier molecular flexibility index (Phi) is 3.89. The molecule has 1 heterocycles. The molecular formula is C12H9ClF2N2O3. The number of alkyl halides is 2. The predicted molar refractivity (Wildman–Crippen MR) is 69.4 cm³/mol. The van der Waals surface area contributed by atoms with Gasteiger partial charge in [0.15, 0.2) is 0 Å².